The number of amides is 2. The summed E-state index contributed by atoms with van der Waals surface area (Å²) < 4.78 is 26.3. The second-order valence-corrected chi connectivity index (χ2v) is 12.1. The van der Waals surface area contributed by atoms with E-state index in [9.17, 15) is 18.0 Å². The van der Waals surface area contributed by atoms with Gasteiger partial charge in [0.1, 0.15) is 12.6 Å². The van der Waals surface area contributed by atoms with Crippen LogP contribution in [0, 0.1) is 0 Å². The van der Waals surface area contributed by atoms with Crippen molar-refractivity contribution in [3.8, 4) is 0 Å². The van der Waals surface area contributed by atoms with Gasteiger partial charge < -0.3 is 10.2 Å². The Balaban J connectivity index is 1.95. The maximum atomic E-state index is 13.7. The second-order valence-electron chi connectivity index (χ2n) is 8.92. The van der Waals surface area contributed by atoms with Gasteiger partial charge in [0.25, 0.3) is 0 Å². The molecule has 2 amide bonds. The highest BCUT2D eigenvalue weighted by atomic mass is 35.5. The van der Waals surface area contributed by atoms with Crippen LogP contribution in [0.3, 0.4) is 0 Å². The highest BCUT2D eigenvalue weighted by Crippen LogP contribution is 2.26. The van der Waals surface area contributed by atoms with Gasteiger partial charge >= 0.3 is 0 Å². The van der Waals surface area contributed by atoms with E-state index in [0.29, 0.717) is 27.1 Å². The lowest BCUT2D eigenvalue weighted by Gasteiger charge is -2.33. The number of carbonyl (C=O) groups is 2. The van der Waals surface area contributed by atoms with Gasteiger partial charge in [-0.2, -0.15) is 0 Å². The summed E-state index contributed by atoms with van der Waals surface area (Å²) in [5.41, 5.74) is 0.849. The van der Waals surface area contributed by atoms with Crippen molar-refractivity contribution in [1.82, 2.24) is 10.2 Å². The van der Waals surface area contributed by atoms with Crippen LogP contribution in [0.5, 0.6) is 0 Å². The number of halogens is 3. The number of benzene rings is 2. The first-order valence-corrected chi connectivity index (χ1v) is 14.7. The minimum atomic E-state index is -3.84. The van der Waals surface area contributed by atoms with Gasteiger partial charge in [0.05, 0.1) is 11.9 Å². The number of nitrogens with one attached hydrogen (secondary N) is 1. The average molecular weight is 575 g/mol. The molecular formula is C25H30Cl3N3O4S. The van der Waals surface area contributed by atoms with E-state index in [-0.39, 0.29) is 24.2 Å². The molecule has 1 saturated carbocycles. The summed E-state index contributed by atoms with van der Waals surface area (Å²) in [6.07, 6.45) is 5.25. The third-order valence-electron chi connectivity index (χ3n) is 6.22. The fourth-order valence-corrected chi connectivity index (χ4v) is 5.86. The molecule has 0 radical (unpaired) electrons. The standard InChI is InChI=1S/C25H30Cl3N3O4S/c1-3-23(25(33)29-20-8-4-5-9-20)30(15-17-11-12-19(27)14-22(17)28)24(32)16-31(36(2,34)35)21-10-6-7-18(26)13-21/h6-7,10-14,20,23H,3-5,8-9,15-16H2,1-2H3,(H,29,33). The summed E-state index contributed by atoms with van der Waals surface area (Å²) in [5, 5.41) is 4.19. The zero-order valence-electron chi connectivity index (χ0n) is 20.2. The fourth-order valence-electron chi connectivity index (χ4n) is 4.37. The maximum Gasteiger partial charge on any atom is 0.244 e. The van der Waals surface area contributed by atoms with Crippen molar-refractivity contribution in [1.29, 1.82) is 0 Å². The van der Waals surface area contributed by atoms with E-state index in [0.717, 1.165) is 36.2 Å². The molecule has 0 saturated heterocycles. The Morgan fingerprint density at radius 1 is 1.06 bits per heavy atom. The molecule has 1 aliphatic rings. The van der Waals surface area contributed by atoms with Crippen LogP contribution in [-0.4, -0.2) is 50.0 Å². The van der Waals surface area contributed by atoms with Crippen molar-refractivity contribution >= 4 is 62.3 Å². The minimum absolute atomic E-state index is 0.0125. The van der Waals surface area contributed by atoms with Gasteiger partial charge in [0.2, 0.25) is 21.8 Å². The molecule has 2 aromatic rings. The molecule has 1 N–H and O–H groups in total. The topological polar surface area (TPSA) is 86.8 Å². The Morgan fingerprint density at radius 3 is 2.31 bits per heavy atom. The summed E-state index contributed by atoms with van der Waals surface area (Å²) in [6.45, 7) is 1.32. The second kappa shape index (κ2) is 12.5. The molecule has 7 nitrogen and oxygen atoms in total. The number of carbonyl (C=O) groups excluding carboxylic acids is 2. The van der Waals surface area contributed by atoms with Gasteiger partial charge in [-0.3, -0.25) is 13.9 Å². The van der Waals surface area contributed by atoms with Gasteiger partial charge in [-0.1, -0.05) is 66.7 Å². The number of nitrogens with zero attached hydrogens (tertiary/aromatic N) is 2. The van der Waals surface area contributed by atoms with Gasteiger partial charge in [-0.15, -0.1) is 0 Å². The fraction of sp³-hybridized carbons (Fsp3) is 0.440. The van der Waals surface area contributed by atoms with E-state index in [1.165, 1.54) is 11.0 Å². The summed E-state index contributed by atoms with van der Waals surface area (Å²) in [7, 11) is -3.84. The highest BCUT2D eigenvalue weighted by Gasteiger charge is 2.33. The van der Waals surface area contributed by atoms with E-state index in [2.05, 4.69) is 5.32 Å². The van der Waals surface area contributed by atoms with E-state index < -0.39 is 28.5 Å². The molecule has 36 heavy (non-hydrogen) atoms. The third-order valence-corrected chi connectivity index (χ3v) is 8.18. The van der Waals surface area contributed by atoms with E-state index in [1.54, 1.807) is 36.4 Å². The van der Waals surface area contributed by atoms with Crippen molar-refractivity contribution in [3.63, 3.8) is 0 Å². The molecule has 3 rings (SSSR count). The minimum Gasteiger partial charge on any atom is -0.352 e. The first-order chi connectivity index (χ1) is 17.0. The lowest BCUT2D eigenvalue weighted by molar-refractivity contribution is -0.140. The lowest BCUT2D eigenvalue weighted by Crippen LogP contribution is -2.53. The summed E-state index contributed by atoms with van der Waals surface area (Å²) in [6, 6.07) is 10.4. The molecule has 11 heteroatoms. The van der Waals surface area contributed by atoms with E-state index >= 15 is 0 Å². The predicted molar refractivity (Wildman–Crippen MR) is 145 cm³/mol. The van der Waals surface area contributed by atoms with Crippen LogP contribution in [0.15, 0.2) is 42.5 Å². The number of anilines is 1. The number of sulfonamides is 1. The zero-order chi connectivity index (χ0) is 26.5. The van der Waals surface area contributed by atoms with Crippen LogP contribution in [0.25, 0.3) is 0 Å². The van der Waals surface area contributed by atoms with E-state index in [1.807, 2.05) is 6.92 Å². The molecule has 0 aromatic heterocycles. The molecule has 0 spiro atoms. The molecule has 0 bridgehead atoms. The third kappa shape index (κ3) is 7.51. The van der Waals surface area contributed by atoms with E-state index in [4.69, 9.17) is 34.8 Å². The summed E-state index contributed by atoms with van der Waals surface area (Å²) in [4.78, 5) is 28.4. The number of hydrogen-bond acceptors (Lipinski definition) is 4. The first-order valence-electron chi connectivity index (χ1n) is 11.8. The van der Waals surface area contributed by atoms with Crippen molar-refractivity contribution in [2.75, 3.05) is 17.1 Å². The van der Waals surface area contributed by atoms with Crippen molar-refractivity contribution in [2.45, 2.75) is 57.7 Å². The molecule has 1 aliphatic carbocycles. The van der Waals surface area contributed by atoms with Gasteiger partial charge in [-0.25, -0.2) is 8.42 Å². The average Bonchev–Trinajstić information content (AvgIpc) is 3.30. The van der Waals surface area contributed by atoms with Crippen LogP contribution in [-0.2, 0) is 26.2 Å². The predicted octanol–water partition coefficient (Wildman–Crippen LogP) is 5.28. The quantitative estimate of drug-likeness (QED) is 0.418. The molecule has 0 heterocycles. The molecule has 0 aliphatic heterocycles. The number of rotatable bonds is 10. The number of hydrogen-bond donors (Lipinski definition) is 1. The largest absolute Gasteiger partial charge is 0.352 e. The van der Waals surface area contributed by atoms with Crippen molar-refractivity contribution in [3.05, 3.63) is 63.1 Å². The van der Waals surface area contributed by atoms with Crippen LogP contribution >= 0.6 is 34.8 Å². The Bertz CT molecular complexity index is 1200. The summed E-state index contributed by atoms with van der Waals surface area (Å²) >= 11 is 18.5. The smallest absolute Gasteiger partial charge is 0.244 e. The van der Waals surface area contributed by atoms with Crippen molar-refractivity contribution < 1.29 is 18.0 Å². The van der Waals surface area contributed by atoms with Crippen LogP contribution in [0.1, 0.15) is 44.6 Å². The maximum absolute atomic E-state index is 13.7. The SMILES string of the molecule is CCC(C(=O)NC1CCCC1)N(Cc1ccc(Cl)cc1Cl)C(=O)CN(c1cccc(Cl)c1)S(C)(=O)=O. The molecule has 2 aromatic carbocycles. The van der Waals surface area contributed by atoms with Crippen LogP contribution < -0.4 is 9.62 Å². The Hall–Kier alpha value is -2.00. The van der Waals surface area contributed by atoms with Crippen LogP contribution in [0.2, 0.25) is 15.1 Å². The zero-order valence-corrected chi connectivity index (χ0v) is 23.3. The monoisotopic (exact) mass is 573 g/mol. The van der Waals surface area contributed by atoms with Crippen molar-refractivity contribution in [2.24, 2.45) is 0 Å². The van der Waals surface area contributed by atoms with Gasteiger partial charge in [0.15, 0.2) is 0 Å². The molecule has 1 unspecified atom stereocenters. The lowest BCUT2D eigenvalue weighted by atomic mass is 10.1. The Kier molecular flexibility index (Phi) is 9.92. The Labute approximate surface area is 227 Å². The van der Waals surface area contributed by atoms with Gasteiger partial charge in [0, 0.05) is 27.7 Å². The van der Waals surface area contributed by atoms with Crippen LogP contribution in [0.4, 0.5) is 5.69 Å². The highest BCUT2D eigenvalue weighted by molar-refractivity contribution is 7.92. The molecule has 1 fully saturated rings. The molecular weight excluding hydrogens is 545 g/mol. The molecule has 196 valence electrons. The normalized spacial score (nSPS) is 14.9. The Morgan fingerprint density at radius 2 is 1.72 bits per heavy atom. The first kappa shape index (κ1) is 28.6. The van der Waals surface area contributed by atoms with Gasteiger partial charge in [-0.05, 0) is 55.2 Å². The summed E-state index contributed by atoms with van der Waals surface area (Å²) in [5.74, 6) is -0.809. The molecule has 1 atom stereocenters.